The largest absolute Gasteiger partial charge is 0.294 e. The highest BCUT2D eigenvalue weighted by Gasteiger charge is 2.22. The highest BCUT2D eigenvalue weighted by atomic mass is 16.1. The van der Waals surface area contributed by atoms with Crippen molar-refractivity contribution in [3.05, 3.63) is 59.7 Å². The van der Waals surface area contributed by atoms with Crippen LogP contribution in [-0.4, -0.2) is 5.78 Å². The van der Waals surface area contributed by atoms with Gasteiger partial charge in [0.15, 0.2) is 5.78 Å². The molecule has 3 aromatic carbocycles. The second-order valence-corrected chi connectivity index (χ2v) is 4.58. The Hall–Kier alpha value is -2.15. The molecular formula is C16H10O. The number of Topliss-reactive ketones (excluding diaryl/α,β-unsaturated/α-hetero) is 1. The van der Waals surface area contributed by atoms with E-state index in [0.29, 0.717) is 6.42 Å². The van der Waals surface area contributed by atoms with Gasteiger partial charge < -0.3 is 0 Å². The van der Waals surface area contributed by atoms with Crippen LogP contribution in [0.5, 0.6) is 0 Å². The highest BCUT2D eigenvalue weighted by molar-refractivity contribution is 6.21. The molecule has 17 heavy (non-hydrogen) atoms. The standard InChI is InChI=1S/C16H10O/c17-15-9-11-8-10-4-1-2-5-12(10)13-6-3-7-14(15)16(11)13/h1-8H,9H2. The maximum absolute atomic E-state index is 11.9. The van der Waals surface area contributed by atoms with E-state index in [1.165, 1.54) is 21.7 Å². The molecule has 0 N–H and O–H groups in total. The summed E-state index contributed by atoms with van der Waals surface area (Å²) in [4.78, 5) is 11.9. The lowest BCUT2D eigenvalue weighted by molar-refractivity contribution is 0.1000. The van der Waals surface area contributed by atoms with Gasteiger partial charge in [-0.15, -0.1) is 0 Å². The van der Waals surface area contributed by atoms with E-state index in [1.54, 1.807) is 0 Å². The van der Waals surface area contributed by atoms with Crippen LogP contribution in [-0.2, 0) is 6.42 Å². The van der Waals surface area contributed by atoms with Crippen molar-refractivity contribution < 1.29 is 4.79 Å². The topological polar surface area (TPSA) is 17.1 Å². The molecule has 0 unspecified atom stereocenters. The first-order valence-corrected chi connectivity index (χ1v) is 5.81. The average molecular weight is 218 g/mol. The molecule has 1 nitrogen and oxygen atoms in total. The molecule has 0 saturated heterocycles. The summed E-state index contributed by atoms with van der Waals surface area (Å²) in [5.74, 6) is 0.251. The first-order chi connectivity index (χ1) is 8.34. The Bertz CT molecular complexity index is 784. The number of hydrogen-bond acceptors (Lipinski definition) is 1. The van der Waals surface area contributed by atoms with Crippen molar-refractivity contribution in [3.63, 3.8) is 0 Å². The van der Waals surface area contributed by atoms with Crippen LogP contribution >= 0.6 is 0 Å². The molecule has 3 aromatic rings. The van der Waals surface area contributed by atoms with Crippen LogP contribution in [0.4, 0.5) is 0 Å². The van der Waals surface area contributed by atoms with E-state index in [0.717, 1.165) is 10.9 Å². The molecule has 0 bridgehead atoms. The van der Waals surface area contributed by atoms with Crippen LogP contribution in [0.15, 0.2) is 48.5 Å². The summed E-state index contributed by atoms with van der Waals surface area (Å²) < 4.78 is 0. The van der Waals surface area contributed by atoms with Crippen molar-refractivity contribution in [2.75, 3.05) is 0 Å². The molecule has 1 aliphatic rings. The molecule has 1 aliphatic carbocycles. The summed E-state index contributed by atoms with van der Waals surface area (Å²) in [6.45, 7) is 0. The summed E-state index contributed by atoms with van der Waals surface area (Å²) >= 11 is 0. The van der Waals surface area contributed by atoms with Crippen LogP contribution in [0.3, 0.4) is 0 Å². The maximum Gasteiger partial charge on any atom is 0.167 e. The molecule has 4 rings (SSSR count). The molecule has 0 aliphatic heterocycles. The van der Waals surface area contributed by atoms with Gasteiger partial charge in [-0.3, -0.25) is 4.79 Å². The minimum absolute atomic E-state index is 0.251. The predicted molar refractivity (Wildman–Crippen MR) is 69.5 cm³/mol. The summed E-state index contributed by atoms with van der Waals surface area (Å²) in [7, 11) is 0. The summed E-state index contributed by atoms with van der Waals surface area (Å²) in [6.07, 6.45) is 0.556. The normalized spacial score (nSPS) is 13.8. The average Bonchev–Trinajstić information content (AvgIpc) is 2.68. The van der Waals surface area contributed by atoms with Gasteiger partial charge in [-0.05, 0) is 27.1 Å². The van der Waals surface area contributed by atoms with Gasteiger partial charge in [0.05, 0.1) is 0 Å². The van der Waals surface area contributed by atoms with E-state index in [-0.39, 0.29) is 5.78 Å². The molecule has 0 radical (unpaired) electrons. The lowest BCUT2D eigenvalue weighted by Gasteiger charge is -2.05. The van der Waals surface area contributed by atoms with Crippen LogP contribution in [0.1, 0.15) is 15.9 Å². The molecule has 0 amide bonds. The lowest BCUT2D eigenvalue weighted by Crippen LogP contribution is -1.92. The predicted octanol–water partition coefficient (Wildman–Crippen LogP) is 3.73. The molecule has 0 saturated carbocycles. The minimum Gasteiger partial charge on any atom is -0.294 e. The van der Waals surface area contributed by atoms with E-state index in [9.17, 15) is 4.79 Å². The Labute approximate surface area is 98.7 Å². The molecule has 0 spiro atoms. The van der Waals surface area contributed by atoms with Gasteiger partial charge >= 0.3 is 0 Å². The fourth-order valence-corrected chi connectivity index (χ4v) is 2.89. The Kier molecular flexibility index (Phi) is 1.55. The zero-order chi connectivity index (χ0) is 11.4. The number of rotatable bonds is 0. The number of ketones is 1. The van der Waals surface area contributed by atoms with E-state index in [4.69, 9.17) is 0 Å². The van der Waals surface area contributed by atoms with Crippen molar-refractivity contribution in [3.8, 4) is 0 Å². The first kappa shape index (κ1) is 8.94. The lowest BCUT2D eigenvalue weighted by atomic mass is 9.98. The minimum atomic E-state index is 0.251. The van der Waals surface area contributed by atoms with Crippen molar-refractivity contribution in [1.82, 2.24) is 0 Å². The third-order valence-corrected chi connectivity index (χ3v) is 3.62. The summed E-state index contributed by atoms with van der Waals surface area (Å²) in [5, 5.41) is 4.84. The molecule has 0 atom stereocenters. The van der Waals surface area contributed by atoms with Gasteiger partial charge in [0, 0.05) is 12.0 Å². The van der Waals surface area contributed by atoms with Crippen molar-refractivity contribution in [1.29, 1.82) is 0 Å². The number of fused-ring (bicyclic) bond motifs is 2. The van der Waals surface area contributed by atoms with Crippen LogP contribution in [0.2, 0.25) is 0 Å². The summed E-state index contributed by atoms with van der Waals surface area (Å²) in [5.41, 5.74) is 2.07. The van der Waals surface area contributed by atoms with Crippen molar-refractivity contribution in [2.24, 2.45) is 0 Å². The third-order valence-electron chi connectivity index (χ3n) is 3.62. The fraction of sp³-hybridized carbons (Fsp3) is 0.0625. The fourth-order valence-electron chi connectivity index (χ4n) is 2.89. The van der Waals surface area contributed by atoms with Crippen LogP contribution < -0.4 is 0 Å². The van der Waals surface area contributed by atoms with Crippen molar-refractivity contribution in [2.45, 2.75) is 6.42 Å². The van der Waals surface area contributed by atoms with Gasteiger partial charge in [0.1, 0.15) is 0 Å². The number of carbonyl (C=O) groups is 1. The van der Waals surface area contributed by atoms with E-state index >= 15 is 0 Å². The summed E-state index contributed by atoms with van der Waals surface area (Å²) in [6, 6.07) is 16.5. The van der Waals surface area contributed by atoms with E-state index in [1.807, 2.05) is 24.3 Å². The van der Waals surface area contributed by atoms with Gasteiger partial charge in [-0.25, -0.2) is 0 Å². The van der Waals surface area contributed by atoms with Crippen molar-refractivity contribution >= 4 is 27.3 Å². The Morgan fingerprint density at radius 1 is 0.882 bits per heavy atom. The van der Waals surface area contributed by atoms with E-state index < -0.39 is 0 Å². The maximum atomic E-state index is 11.9. The van der Waals surface area contributed by atoms with Gasteiger partial charge in [-0.1, -0.05) is 48.5 Å². The zero-order valence-electron chi connectivity index (χ0n) is 9.23. The molecule has 0 heterocycles. The molecule has 0 aromatic heterocycles. The Morgan fingerprint density at radius 3 is 2.65 bits per heavy atom. The third kappa shape index (κ3) is 1.06. The second-order valence-electron chi connectivity index (χ2n) is 4.58. The number of benzene rings is 3. The van der Waals surface area contributed by atoms with Crippen LogP contribution in [0.25, 0.3) is 21.5 Å². The highest BCUT2D eigenvalue weighted by Crippen LogP contribution is 2.35. The Morgan fingerprint density at radius 2 is 1.71 bits per heavy atom. The monoisotopic (exact) mass is 218 g/mol. The second kappa shape index (κ2) is 2.95. The number of carbonyl (C=O) groups excluding carboxylic acids is 1. The first-order valence-electron chi connectivity index (χ1n) is 5.81. The molecule has 0 fully saturated rings. The smallest absolute Gasteiger partial charge is 0.167 e. The quantitative estimate of drug-likeness (QED) is 0.525. The molecular weight excluding hydrogens is 208 g/mol. The SMILES string of the molecule is O=C1Cc2cc3ccccc3c3cccc1c23. The van der Waals surface area contributed by atoms with E-state index in [2.05, 4.69) is 24.3 Å². The Balaban J connectivity index is 2.35. The zero-order valence-corrected chi connectivity index (χ0v) is 9.23. The van der Waals surface area contributed by atoms with Gasteiger partial charge in [0.2, 0.25) is 0 Å². The molecule has 1 heteroatoms. The van der Waals surface area contributed by atoms with Crippen LogP contribution in [0, 0.1) is 0 Å². The number of hydrogen-bond donors (Lipinski definition) is 0. The van der Waals surface area contributed by atoms with Gasteiger partial charge in [-0.2, -0.15) is 0 Å². The molecule has 80 valence electrons. The van der Waals surface area contributed by atoms with Gasteiger partial charge in [0.25, 0.3) is 0 Å².